The van der Waals surface area contributed by atoms with Crippen LogP contribution in [0.4, 0.5) is 15.8 Å². The third-order valence-electron chi connectivity index (χ3n) is 4.01. The van der Waals surface area contributed by atoms with Gasteiger partial charge in [-0.25, -0.2) is 13.9 Å². The number of benzene rings is 2. The Balaban J connectivity index is 2.10. The van der Waals surface area contributed by atoms with Crippen LogP contribution in [0.1, 0.15) is 27.3 Å². The highest BCUT2D eigenvalue weighted by Crippen LogP contribution is 2.29. The first-order valence-electron chi connectivity index (χ1n) is 7.90. The third-order valence-corrected chi connectivity index (χ3v) is 4.68. The fourth-order valence-corrected chi connectivity index (χ4v) is 3.44. The Bertz CT molecular complexity index is 1010. The van der Waals surface area contributed by atoms with Gasteiger partial charge in [-0.3, -0.25) is 0 Å². The number of aromatic carboxylic acids is 1. The lowest BCUT2D eigenvalue weighted by molar-refractivity contribution is 0.0698. The summed E-state index contributed by atoms with van der Waals surface area (Å²) in [6, 6.07) is 10.0. The molecule has 0 aliphatic carbocycles. The van der Waals surface area contributed by atoms with Gasteiger partial charge in [0.15, 0.2) is 5.82 Å². The van der Waals surface area contributed by atoms with E-state index in [1.54, 1.807) is 19.9 Å². The van der Waals surface area contributed by atoms with Gasteiger partial charge in [-0.2, -0.15) is 5.10 Å². The molecule has 1 heterocycles. The standard InChI is InChI=1S/C19H17FIN3O2/c1-10-6-13(21)4-5-16(10)22-17-9-15(20)18(8-14(17)19(25)26)24-12(3)7-11(2)23-24/h4-9,22H,1-3H3,(H,25,26). The van der Waals surface area contributed by atoms with Crippen molar-refractivity contribution in [1.82, 2.24) is 9.78 Å². The summed E-state index contributed by atoms with van der Waals surface area (Å²) in [5.74, 6) is -1.69. The average molecular weight is 465 g/mol. The number of carbonyl (C=O) groups is 1. The maximum absolute atomic E-state index is 14.7. The van der Waals surface area contributed by atoms with Gasteiger partial charge >= 0.3 is 5.97 Å². The Hall–Kier alpha value is -2.42. The fourth-order valence-electron chi connectivity index (χ4n) is 2.79. The van der Waals surface area contributed by atoms with Crippen molar-refractivity contribution in [2.75, 3.05) is 5.32 Å². The molecule has 3 aromatic rings. The van der Waals surface area contributed by atoms with Gasteiger partial charge in [-0.1, -0.05) is 0 Å². The Morgan fingerprint density at radius 2 is 1.88 bits per heavy atom. The number of hydrogen-bond acceptors (Lipinski definition) is 3. The average Bonchev–Trinajstić information content (AvgIpc) is 2.88. The Labute approximate surface area is 164 Å². The summed E-state index contributed by atoms with van der Waals surface area (Å²) in [5, 5.41) is 16.9. The molecule has 0 aliphatic heterocycles. The van der Waals surface area contributed by atoms with Gasteiger partial charge in [0.25, 0.3) is 0 Å². The monoisotopic (exact) mass is 465 g/mol. The molecule has 2 N–H and O–H groups in total. The number of aryl methyl sites for hydroxylation is 3. The van der Waals surface area contributed by atoms with E-state index in [1.165, 1.54) is 16.8 Å². The van der Waals surface area contributed by atoms with Crippen LogP contribution in [0.3, 0.4) is 0 Å². The van der Waals surface area contributed by atoms with E-state index >= 15 is 0 Å². The smallest absolute Gasteiger partial charge is 0.337 e. The molecule has 0 spiro atoms. The van der Waals surface area contributed by atoms with E-state index in [0.29, 0.717) is 0 Å². The molecule has 2 aromatic carbocycles. The van der Waals surface area contributed by atoms with E-state index in [0.717, 1.165) is 26.2 Å². The highest BCUT2D eigenvalue weighted by molar-refractivity contribution is 14.1. The molecular weight excluding hydrogens is 448 g/mol. The van der Waals surface area contributed by atoms with E-state index in [9.17, 15) is 14.3 Å². The van der Waals surface area contributed by atoms with Crippen molar-refractivity contribution >= 4 is 39.9 Å². The van der Waals surface area contributed by atoms with E-state index in [4.69, 9.17) is 0 Å². The quantitative estimate of drug-likeness (QED) is 0.534. The summed E-state index contributed by atoms with van der Waals surface area (Å²) < 4.78 is 17.2. The van der Waals surface area contributed by atoms with Gasteiger partial charge in [-0.05, 0) is 79.3 Å². The first kappa shape index (κ1) is 18.4. The molecule has 7 heteroatoms. The molecule has 0 bridgehead atoms. The lowest BCUT2D eigenvalue weighted by Crippen LogP contribution is -2.09. The fraction of sp³-hybridized carbons (Fsp3) is 0.158. The molecule has 0 unspecified atom stereocenters. The maximum atomic E-state index is 14.7. The second-order valence-corrected chi connectivity index (χ2v) is 7.32. The van der Waals surface area contributed by atoms with E-state index in [2.05, 4.69) is 33.0 Å². The van der Waals surface area contributed by atoms with E-state index < -0.39 is 11.8 Å². The van der Waals surface area contributed by atoms with Crippen LogP contribution in [-0.4, -0.2) is 20.9 Å². The van der Waals surface area contributed by atoms with Gasteiger partial charge in [0.1, 0.15) is 5.69 Å². The molecule has 0 saturated heterocycles. The van der Waals surface area contributed by atoms with E-state index in [-0.39, 0.29) is 16.9 Å². The van der Waals surface area contributed by atoms with Crippen LogP contribution in [-0.2, 0) is 0 Å². The second-order valence-electron chi connectivity index (χ2n) is 6.08. The summed E-state index contributed by atoms with van der Waals surface area (Å²) in [6.45, 7) is 5.50. The number of halogens is 2. The van der Waals surface area contributed by atoms with Crippen molar-refractivity contribution in [1.29, 1.82) is 0 Å². The molecule has 0 saturated carbocycles. The van der Waals surface area contributed by atoms with Crippen LogP contribution >= 0.6 is 22.6 Å². The lowest BCUT2D eigenvalue weighted by Gasteiger charge is -2.15. The van der Waals surface area contributed by atoms with Gasteiger partial charge in [0.2, 0.25) is 0 Å². The zero-order valence-electron chi connectivity index (χ0n) is 14.5. The molecule has 3 rings (SSSR count). The first-order valence-corrected chi connectivity index (χ1v) is 8.98. The molecule has 1 aromatic heterocycles. The number of nitrogens with zero attached hydrogens (tertiary/aromatic N) is 2. The predicted octanol–water partition coefficient (Wildman–Crippen LogP) is 4.98. The van der Waals surface area contributed by atoms with Crippen LogP contribution in [0.5, 0.6) is 0 Å². The van der Waals surface area contributed by atoms with Crippen molar-refractivity contribution in [3.63, 3.8) is 0 Å². The molecule has 5 nitrogen and oxygen atoms in total. The topological polar surface area (TPSA) is 67.2 Å². The van der Waals surface area contributed by atoms with Gasteiger partial charge in [0.05, 0.1) is 16.9 Å². The van der Waals surface area contributed by atoms with Crippen LogP contribution in [0.15, 0.2) is 36.4 Å². The minimum atomic E-state index is -1.14. The van der Waals surface area contributed by atoms with Crippen molar-refractivity contribution in [2.24, 2.45) is 0 Å². The largest absolute Gasteiger partial charge is 0.478 e. The molecule has 134 valence electrons. The zero-order valence-corrected chi connectivity index (χ0v) is 16.6. The highest BCUT2D eigenvalue weighted by atomic mass is 127. The number of carboxylic acids is 1. The summed E-state index contributed by atoms with van der Waals surface area (Å²) >= 11 is 2.20. The van der Waals surface area contributed by atoms with Crippen molar-refractivity contribution in [2.45, 2.75) is 20.8 Å². The number of rotatable bonds is 4. The molecule has 0 amide bonds. The molecule has 0 fully saturated rings. The first-order chi connectivity index (χ1) is 12.3. The third kappa shape index (κ3) is 3.57. The second kappa shape index (κ2) is 7.06. The summed E-state index contributed by atoms with van der Waals surface area (Å²) in [5.41, 5.74) is 3.42. The zero-order chi connectivity index (χ0) is 19.0. The summed E-state index contributed by atoms with van der Waals surface area (Å²) in [7, 11) is 0. The minimum Gasteiger partial charge on any atom is -0.478 e. The normalized spacial score (nSPS) is 10.8. The highest BCUT2D eigenvalue weighted by Gasteiger charge is 2.18. The Morgan fingerprint density at radius 1 is 1.15 bits per heavy atom. The van der Waals surface area contributed by atoms with Crippen LogP contribution in [0.25, 0.3) is 5.69 Å². The maximum Gasteiger partial charge on any atom is 0.337 e. The van der Waals surface area contributed by atoms with Gasteiger partial charge in [0, 0.05) is 21.0 Å². The number of anilines is 2. The Kier molecular flexibility index (Phi) is 4.99. The van der Waals surface area contributed by atoms with Gasteiger partial charge < -0.3 is 10.4 Å². The van der Waals surface area contributed by atoms with Crippen LogP contribution < -0.4 is 5.32 Å². The predicted molar refractivity (Wildman–Crippen MR) is 107 cm³/mol. The SMILES string of the molecule is Cc1cc(C)n(-c2cc(C(=O)O)c(Nc3ccc(I)cc3C)cc2F)n1. The molecular formula is C19H17FIN3O2. The Morgan fingerprint density at radius 3 is 2.46 bits per heavy atom. The molecule has 0 aliphatic rings. The van der Waals surface area contributed by atoms with E-state index in [1.807, 2.05) is 25.1 Å². The molecule has 26 heavy (non-hydrogen) atoms. The van der Waals surface area contributed by atoms with Crippen LogP contribution in [0, 0.1) is 30.2 Å². The minimum absolute atomic E-state index is 0.0214. The number of hydrogen-bond donors (Lipinski definition) is 2. The molecule has 0 radical (unpaired) electrons. The number of carboxylic acid groups (broad SMARTS) is 1. The number of aromatic nitrogens is 2. The lowest BCUT2D eigenvalue weighted by atomic mass is 10.1. The summed E-state index contributed by atoms with van der Waals surface area (Å²) in [6.07, 6.45) is 0. The van der Waals surface area contributed by atoms with Crippen molar-refractivity contribution in [3.05, 3.63) is 68.3 Å². The van der Waals surface area contributed by atoms with Crippen molar-refractivity contribution in [3.8, 4) is 5.69 Å². The van der Waals surface area contributed by atoms with Gasteiger partial charge in [-0.15, -0.1) is 0 Å². The van der Waals surface area contributed by atoms with Crippen LogP contribution in [0.2, 0.25) is 0 Å². The molecule has 0 atom stereocenters. The number of nitrogens with one attached hydrogen (secondary N) is 1. The summed E-state index contributed by atoms with van der Waals surface area (Å²) in [4.78, 5) is 11.7. The van der Waals surface area contributed by atoms with Crippen molar-refractivity contribution < 1.29 is 14.3 Å².